The number of methoxy groups -OCH3 is 1. The number of carbonyl (C=O) groups is 2. The fourth-order valence-electron chi connectivity index (χ4n) is 2.59. The first kappa shape index (κ1) is 18.2. The molecule has 1 N–H and O–H groups in total. The van der Waals surface area contributed by atoms with Crippen molar-refractivity contribution in [2.45, 2.75) is 6.04 Å². The molecule has 0 spiro atoms. The Labute approximate surface area is 160 Å². The fraction of sp³-hybridized carbons (Fsp3) is 0.105. The zero-order valence-electron chi connectivity index (χ0n) is 13.8. The van der Waals surface area contributed by atoms with Crippen LogP contribution in [-0.4, -0.2) is 33.3 Å². The number of nitrogens with zero attached hydrogens (tertiary/aromatic N) is 1. The van der Waals surface area contributed by atoms with E-state index in [4.69, 9.17) is 17.0 Å². The maximum absolute atomic E-state index is 12.8. The molecular formula is C19H15NO4S2. The van der Waals surface area contributed by atoms with Crippen LogP contribution < -0.4 is 4.74 Å². The van der Waals surface area contributed by atoms with Gasteiger partial charge in [0.2, 0.25) is 0 Å². The molecule has 132 valence electrons. The molecule has 0 aromatic heterocycles. The van der Waals surface area contributed by atoms with E-state index in [9.17, 15) is 14.7 Å². The van der Waals surface area contributed by atoms with E-state index in [1.54, 1.807) is 55.7 Å². The van der Waals surface area contributed by atoms with Crippen LogP contribution in [0.4, 0.5) is 0 Å². The molecule has 26 heavy (non-hydrogen) atoms. The first-order valence-corrected chi connectivity index (χ1v) is 8.92. The Morgan fingerprint density at radius 3 is 2.42 bits per heavy atom. The average Bonchev–Trinajstić information content (AvgIpc) is 2.91. The number of aliphatic carboxylic acids is 1. The Bertz CT molecular complexity index is 878. The van der Waals surface area contributed by atoms with Crippen LogP contribution in [0.1, 0.15) is 17.2 Å². The van der Waals surface area contributed by atoms with Gasteiger partial charge < -0.3 is 9.84 Å². The number of carbonyl (C=O) groups excluding carboxylic acids is 1. The van der Waals surface area contributed by atoms with Crippen molar-refractivity contribution in [1.82, 2.24) is 4.90 Å². The number of thioether (sulfide) groups is 1. The average molecular weight is 385 g/mol. The van der Waals surface area contributed by atoms with Crippen LogP contribution in [0.15, 0.2) is 59.5 Å². The molecule has 0 bridgehead atoms. The molecule has 0 unspecified atom stereocenters. The van der Waals surface area contributed by atoms with Gasteiger partial charge in [-0.2, -0.15) is 0 Å². The van der Waals surface area contributed by atoms with Gasteiger partial charge in [-0.15, -0.1) is 0 Å². The van der Waals surface area contributed by atoms with Gasteiger partial charge in [0.1, 0.15) is 10.1 Å². The second-order valence-corrected chi connectivity index (χ2v) is 7.15. The lowest BCUT2D eigenvalue weighted by Gasteiger charge is -2.23. The summed E-state index contributed by atoms with van der Waals surface area (Å²) in [7, 11) is 1.58. The van der Waals surface area contributed by atoms with Gasteiger partial charge >= 0.3 is 5.97 Å². The highest BCUT2D eigenvalue weighted by atomic mass is 32.2. The predicted molar refractivity (Wildman–Crippen MR) is 105 cm³/mol. The van der Waals surface area contributed by atoms with Gasteiger partial charge in [0.15, 0.2) is 6.04 Å². The Kier molecular flexibility index (Phi) is 5.39. The van der Waals surface area contributed by atoms with Crippen LogP contribution in [0, 0.1) is 0 Å². The lowest BCUT2D eigenvalue weighted by Crippen LogP contribution is -2.37. The predicted octanol–water partition coefficient (Wildman–Crippen LogP) is 3.72. The van der Waals surface area contributed by atoms with E-state index in [0.717, 1.165) is 22.2 Å². The van der Waals surface area contributed by atoms with Crippen molar-refractivity contribution < 1.29 is 19.4 Å². The Balaban J connectivity index is 1.92. The summed E-state index contributed by atoms with van der Waals surface area (Å²) in [5.41, 5.74) is 1.31. The number of carboxylic acid groups (broad SMARTS) is 1. The molecule has 1 aliphatic rings. The third-order valence-electron chi connectivity index (χ3n) is 3.84. The molecule has 1 atom stereocenters. The van der Waals surface area contributed by atoms with Gasteiger partial charge in [0.25, 0.3) is 5.91 Å². The molecule has 0 saturated carbocycles. The Morgan fingerprint density at radius 2 is 1.85 bits per heavy atom. The minimum atomic E-state index is -1.15. The summed E-state index contributed by atoms with van der Waals surface area (Å²) >= 11 is 6.39. The van der Waals surface area contributed by atoms with Gasteiger partial charge in [0, 0.05) is 0 Å². The van der Waals surface area contributed by atoms with E-state index >= 15 is 0 Å². The molecule has 2 aromatic carbocycles. The zero-order valence-corrected chi connectivity index (χ0v) is 15.4. The number of ether oxygens (including phenoxy) is 1. The number of hydrogen-bond donors (Lipinski definition) is 1. The maximum Gasteiger partial charge on any atom is 0.331 e. The molecule has 3 rings (SSSR count). The molecule has 1 fully saturated rings. The van der Waals surface area contributed by atoms with Crippen LogP contribution in [-0.2, 0) is 9.59 Å². The second kappa shape index (κ2) is 7.72. The van der Waals surface area contributed by atoms with Crippen molar-refractivity contribution in [3.8, 4) is 5.75 Å². The molecule has 1 saturated heterocycles. The molecule has 7 heteroatoms. The number of rotatable bonds is 5. The van der Waals surface area contributed by atoms with E-state index in [2.05, 4.69) is 0 Å². The highest BCUT2D eigenvalue weighted by Crippen LogP contribution is 2.38. The van der Waals surface area contributed by atoms with Crippen molar-refractivity contribution in [2.24, 2.45) is 0 Å². The number of carboxylic acids is 1. The van der Waals surface area contributed by atoms with E-state index in [-0.39, 0.29) is 4.32 Å². The first-order valence-electron chi connectivity index (χ1n) is 7.70. The molecule has 0 radical (unpaired) electrons. The van der Waals surface area contributed by atoms with Crippen molar-refractivity contribution in [3.05, 3.63) is 70.6 Å². The smallest absolute Gasteiger partial charge is 0.331 e. The highest BCUT2D eigenvalue weighted by molar-refractivity contribution is 8.26. The highest BCUT2D eigenvalue weighted by Gasteiger charge is 2.41. The third-order valence-corrected chi connectivity index (χ3v) is 5.17. The standard InChI is InChI=1S/C19H15NO4S2/c1-24-14-9-7-12(8-10-14)11-15-17(21)20(19(25)26-15)16(18(22)23)13-5-3-2-4-6-13/h2-11,16H,1H3,(H,22,23)/b15-11-/t16-/m1/s1. The van der Waals surface area contributed by atoms with Gasteiger partial charge in [-0.3, -0.25) is 9.69 Å². The van der Waals surface area contributed by atoms with Crippen LogP contribution in [0.25, 0.3) is 6.08 Å². The van der Waals surface area contributed by atoms with Crippen LogP contribution in [0.5, 0.6) is 5.75 Å². The van der Waals surface area contributed by atoms with E-state index in [1.807, 2.05) is 12.1 Å². The lowest BCUT2D eigenvalue weighted by molar-refractivity contribution is -0.145. The monoisotopic (exact) mass is 385 g/mol. The summed E-state index contributed by atoms with van der Waals surface area (Å²) < 4.78 is 5.34. The first-order chi connectivity index (χ1) is 12.5. The molecule has 0 aliphatic carbocycles. The number of hydrogen-bond acceptors (Lipinski definition) is 5. The summed E-state index contributed by atoms with van der Waals surface area (Å²) in [5.74, 6) is -0.824. The van der Waals surface area contributed by atoms with Crippen molar-refractivity contribution in [1.29, 1.82) is 0 Å². The summed E-state index contributed by atoms with van der Waals surface area (Å²) in [6.45, 7) is 0. The van der Waals surface area contributed by atoms with Gasteiger partial charge in [-0.25, -0.2) is 4.79 Å². The van der Waals surface area contributed by atoms with Crippen LogP contribution >= 0.6 is 24.0 Å². The van der Waals surface area contributed by atoms with Gasteiger partial charge in [0.05, 0.1) is 12.0 Å². The summed E-state index contributed by atoms with van der Waals surface area (Å²) in [6.07, 6.45) is 1.70. The zero-order chi connectivity index (χ0) is 18.7. The SMILES string of the molecule is COc1ccc(/C=C2\SC(=S)N([C@@H](C(=O)O)c3ccccc3)C2=O)cc1. The topological polar surface area (TPSA) is 66.8 Å². The lowest BCUT2D eigenvalue weighted by atomic mass is 10.1. The van der Waals surface area contributed by atoms with E-state index in [0.29, 0.717) is 16.2 Å². The number of amides is 1. The number of thiocarbonyl (C=S) groups is 1. The molecule has 1 aliphatic heterocycles. The van der Waals surface area contributed by atoms with Gasteiger partial charge in [-0.05, 0) is 29.3 Å². The maximum atomic E-state index is 12.8. The normalized spacial score (nSPS) is 16.8. The largest absolute Gasteiger partial charge is 0.497 e. The molecule has 1 heterocycles. The minimum Gasteiger partial charge on any atom is -0.497 e. The summed E-state index contributed by atoms with van der Waals surface area (Å²) in [4.78, 5) is 26.2. The summed E-state index contributed by atoms with van der Waals surface area (Å²) in [6, 6.07) is 14.7. The molecule has 2 aromatic rings. The van der Waals surface area contributed by atoms with Crippen LogP contribution in [0.3, 0.4) is 0 Å². The van der Waals surface area contributed by atoms with Crippen molar-refractivity contribution >= 4 is 46.3 Å². The van der Waals surface area contributed by atoms with Crippen LogP contribution in [0.2, 0.25) is 0 Å². The van der Waals surface area contributed by atoms with Crippen molar-refractivity contribution in [2.75, 3.05) is 7.11 Å². The molecule has 5 nitrogen and oxygen atoms in total. The third kappa shape index (κ3) is 3.63. The quantitative estimate of drug-likeness (QED) is 0.625. The Hall–Kier alpha value is -2.64. The minimum absolute atomic E-state index is 0.228. The van der Waals surface area contributed by atoms with Crippen molar-refractivity contribution in [3.63, 3.8) is 0 Å². The second-order valence-electron chi connectivity index (χ2n) is 5.48. The fourth-order valence-corrected chi connectivity index (χ4v) is 3.90. The summed E-state index contributed by atoms with van der Waals surface area (Å²) in [5, 5.41) is 9.66. The molecule has 1 amide bonds. The van der Waals surface area contributed by atoms with Gasteiger partial charge in [-0.1, -0.05) is 66.4 Å². The van der Waals surface area contributed by atoms with E-state index < -0.39 is 17.9 Å². The molecular weight excluding hydrogens is 370 g/mol. The van der Waals surface area contributed by atoms with E-state index in [1.165, 1.54) is 0 Å². The Morgan fingerprint density at radius 1 is 1.19 bits per heavy atom. The number of benzene rings is 2.